The molecule has 0 aromatic carbocycles. The van der Waals surface area contributed by atoms with Crippen LogP contribution in [0.2, 0.25) is 0 Å². The van der Waals surface area contributed by atoms with Crippen molar-refractivity contribution >= 4 is 34.8 Å². The highest BCUT2D eigenvalue weighted by molar-refractivity contribution is 7.99. The van der Waals surface area contributed by atoms with Crippen molar-refractivity contribution in [2.45, 2.75) is 36.9 Å². The monoisotopic (exact) mass is 404 g/mol. The maximum atomic E-state index is 12.6. The SMILES string of the molecule is Cc1csc(C(C#N)C(=O)CSc2nnc(N3CCOCC3)n2C2CC2)n1. The molecule has 4 rings (SSSR count). The third-order valence-corrected chi connectivity index (χ3v) is 6.52. The molecule has 3 heterocycles. The Morgan fingerprint density at radius 2 is 2.22 bits per heavy atom. The fourth-order valence-electron chi connectivity index (χ4n) is 2.99. The predicted molar refractivity (Wildman–Crippen MR) is 102 cm³/mol. The fourth-order valence-corrected chi connectivity index (χ4v) is 4.76. The zero-order chi connectivity index (χ0) is 18.8. The Morgan fingerprint density at radius 3 is 2.85 bits per heavy atom. The molecule has 27 heavy (non-hydrogen) atoms. The maximum absolute atomic E-state index is 12.6. The van der Waals surface area contributed by atoms with E-state index >= 15 is 0 Å². The molecule has 1 atom stereocenters. The number of ketones is 1. The van der Waals surface area contributed by atoms with Crippen LogP contribution < -0.4 is 4.90 Å². The molecule has 1 unspecified atom stereocenters. The molecule has 0 N–H and O–H groups in total. The number of carbonyl (C=O) groups excluding carboxylic acids is 1. The lowest BCUT2D eigenvalue weighted by Crippen LogP contribution is -2.38. The van der Waals surface area contributed by atoms with Crippen molar-refractivity contribution in [2.24, 2.45) is 0 Å². The van der Waals surface area contributed by atoms with E-state index in [0.717, 1.165) is 42.7 Å². The summed E-state index contributed by atoms with van der Waals surface area (Å²) in [6, 6.07) is 2.50. The summed E-state index contributed by atoms with van der Waals surface area (Å²) in [5.41, 5.74) is 0.833. The van der Waals surface area contributed by atoms with Gasteiger partial charge in [0, 0.05) is 30.2 Å². The van der Waals surface area contributed by atoms with Crippen molar-refractivity contribution in [1.29, 1.82) is 5.26 Å². The third kappa shape index (κ3) is 4.00. The highest BCUT2D eigenvalue weighted by Gasteiger charge is 2.33. The molecule has 1 aliphatic carbocycles. The summed E-state index contributed by atoms with van der Waals surface area (Å²) in [6.07, 6.45) is 2.21. The molecule has 2 fully saturated rings. The lowest BCUT2D eigenvalue weighted by Gasteiger charge is -2.27. The Morgan fingerprint density at radius 1 is 1.44 bits per heavy atom. The minimum Gasteiger partial charge on any atom is -0.378 e. The fraction of sp³-hybridized carbons (Fsp3) is 0.588. The van der Waals surface area contributed by atoms with Crippen molar-refractivity contribution in [2.75, 3.05) is 37.0 Å². The molecule has 0 bridgehead atoms. The van der Waals surface area contributed by atoms with E-state index < -0.39 is 5.92 Å². The van der Waals surface area contributed by atoms with Crippen LogP contribution in [-0.4, -0.2) is 57.6 Å². The Hall–Kier alpha value is -1.96. The molecular formula is C17H20N6O2S2. The van der Waals surface area contributed by atoms with Gasteiger partial charge in [0.15, 0.2) is 16.9 Å². The summed E-state index contributed by atoms with van der Waals surface area (Å²) in [4.78, 5) is 19.1. The Kier molecular flexibility index (Phi) is 5.43. The Balaban J connectivity index is 1.47. The first-order valence-corrected chi connectivity index (χ1v) is 10.8. The van der Waals surface area contributed by atoms with E-state index in [1.165, 1.54) is 23.1 Å². The molecule has 0 amide bonds. The van der Waals surface area contributed by atoms with Crippen molar-refractivity contribution in [3.63, 3.8) is 0 Å². The number of morpholine rings is 1. The summed E-state index contributed by atoms with van der Waals surface area (Å²) in [7, 11) is 0. The first-order valence-electron chi connectivity index (χ1n) is 8.92. The van der Waals surface area contributed by atoms with Gasteiger partial charge in [-0.05, 0) is 19.8 Å². The summed E-state index contributed by atoms with van der Waals surface area (Å²) in [6.45, 7) is 4.84. The minimum absolute atomic E-state index is 0.143. The van der Waals surface area contributed by atoms with Crippen molar-refractivity contribution in [3.05, 3.63) is 16.1 Å². The first-order chi connectivity index (χ1) is 13.2. The highest BCUT2D eigenvalue weighted by Crippen LogP contribution is 2.41. The van der Waals surface area contributed by atoms with Crippen LogP contribution in [0.1, 0.15) is 35.5 Å². The van der Waals surface area contributed by atoms with Gasteiger partial charge in [-0.25, -0.2) is 4.98 Å². The van der Waals surface area contributed by atoms with Gasteiger partial charge in [-0.2, -0.15) is 5.26 Å². The van der Waals surface area contributed by atoms with E-state index in [0.29, 0.717) is 24.3 Å². The summed E-state index contributed by atoms with van der Waals surface area (Å²) in [5.74, 6) is 0.0932. The summed E-state index contributed by atoms with van der Waals surface area (Å²) >= 11 is 2.72. The van der Waals surface area contributed by atoms with Crippen LogP contribution in [-0.2, 0) is 9.53 Å². The number of thioether (sulfide) groups is 1. The van der Waals surface area contributed by atoms with Gasteiger partial charge in [-0.3, -0.25) is 9.36 Å². The summed E-state index contributed by atoms with van der Waals surface area (Å²) in [5, 5.41) is 21.3. The number of nitrogens with zero attached hydrogens (tertiary/aromatic N) is 6. The normalized spacial score (nSPS) is 18.3. The van der Waals surface area contributed by atoms with Gasteiger partial charge in [0.05, 0.1) is 25.0 Å². The molecule has 2 aromatic heterocycles. The largest absolute Gasteiger partial charge is 0.378 e. The van der Waals surface area contributed by atoms with Crippen molar-refractivity contribution < 1.29 is 9.53 Å². The molecular weight excluding hydrogens is 384 g/mol. The zero-order valence-electron chi connectivity index (χ0n) is 15.0. The van der Waals surface area contributed by atoms with Crippen molar-refractivity contribution in [3.8, 4) is 6.07 Å². The third-order valence-electron chi connectivity index (χ3n) is 4.53. The minimum atomic E-state index is -0.813. The standard InChI is InChI=1S/C17H20N6O2S2/c1-11-9-26-15(19-11)13(8-18)14(24)10-27-17-21-20-16(23(17)12-2-3-12)22-4-6-25-7-5-22/h9,12-13H,2-7,10H2,1H3. The van der Waals surface area contributed by atoms with Crippen LogP contribution in [0, 0.1) is 18.3 Å². The highest BCUT2D eigenvalue weighted by atomic mass is 32.2. The average molecular weight is 405 g/mol. The molecule has 1 aliphatic heterocycles. The molecule has 2 aliphatic rings. The van der Waals surface area contributed by atoms with E-state index in [-0.39, 0.29) is 11.5 Å². The van der Waals surface area contributed by atoms with Crippen LogP contribution in [0.4, 0.5) is 5.95 Å². The molecule has 10 heteroatoms. The number of rotatable bonds is 7. The average Bonchev–Trinajstić information content (AvgIpc) is 3.30. The van der Waals surface area contributed by atoms with Crippen LogP contribution in [0.5, 0.6) is 0 Å². The zero-order valence-corrected chi connectivity index (χ0v) is 16.6. The van der Waals surface area contributed by atoms with Crippen LogP contribution >= 0.6 is 23.1 Å². The molecule has 1 saturated heterocycles. The van der Waals surface area contributed by atoms with Crippen LogP contribution in [0.25, 0.3) is 0 Å². The Bertz CT molecular complexity index is 863. The number of aryl methyl sites for hydroxylation is 1. The number of aromatic nitrogens is 4. The second-order valence-electron chi connectivity index (χ2n) is 6.63. The van der Waals surface area contributed by atoms with Gasteiger partial charge in [0.2, 0.25) is 5.95 Å². The molecule has 142 valence electrons. The molecule has 0 radical (unpaired) electrons. The quantitative estimate of drug-likeness (QED) is 0.648. The van der Waals surface area contributed by atoms with Crippen LogP contribution in [0.3, 0.4) is 0 Å². The lowest BCUT2D eigenvalue weighted by molar-refractivity contribution is -0.116. The molecule has 1 saturated carbocycles. The first kappa shape index (κ1) is 18.4. The van der Waals surface area contributed by atoms with E-state index in [2.05, 4.69) is 30.7 Å². The maximum Gasteiger partial charge on any atom is 0.228 e. The topological polar surface area (TPSA) is 96.9 Å². The van der Waals surface area contributed by atoms with Gasteiger partial charge in [0.25, 0.3) is 0 Å². The number of hydrogen-bond donors (Lipinski definition) is 0. The van der Waals surface area contributed by atoms with E-state index in [4.69, 9.17) is 4.74 Å². The van der Waals surface area contributed by atoms with Gasteiger partial charge in [-0.1, -0.05) is 11.8 Å². The second kappa shape index (κ2) is 7.96. The predicted octanol–water partition coefficient (Wildman–Crippen LogP) is 2.18. The molecule has 2 aromatic rings. The van der Waals surface area contributed by atoms with Gasteiger partial charge in [0.1, 0.15) is 5.01 Å². The summed E-state index contributed by atoms with van der Waals surface area (Å²) < 4.78 is 7.57. The number of anilines is 1. The van der Waals surface area contributed by atoms with Gasteiger partial charge in [-0.15, -0.1) is 21.5 Å². The van der Waals surface area contributed by atoms with E-state index in [1.54, 1.807) is 0 Å². The number of Topliss-reactive ketones (excluding diaryl/α,β-unsaturated/α-hetero) is 1. The van der Waals surface area contributed by atoms with E-state index in [9.17, 15) is 10.1 Å². The number of ether oxygens (including phenoxy) is 1. The molecule has 8 nitrogen and oxygen atoms in total. The van der Waals surface area contributed by atoms with Gasteiger partial charge >= 0.3 is 0 Å². The molecule has 0 spiro atoms. The lowest BCUT2D eigenvalue weighted by atomic mass is 10.1. The number of nitriles is 1. The number of hydrogen-bond acceptors (Lipinski definition) is 9. The number of thiazole rings is 1. The van der Waals surface area contributed by atoms with Crippen LogP contribution in [0.15, 0.2) is 10.5 Å². The number of carbonyl (C=O) groups is 1. The second-order valence-corrected chi connectivity index (χ2v) is 8.46. The van der Waals surface area contributed by atoms with Gasteiger partial charge < -0.3 is 9.64 Å². The smallest absolute Gasteiger partial charge is 0.228 e. The van der Waals surface area contributed by atoms with Crippen molar-refractivity contribution in [1.82, 2.24) is 19.7 Å². The Labute approximate surface area is 165 Å². The van der Waals surface area contributed by atoms with E-state index in [1.807, 2.05) is 12.3 Å².